The van der Waals surface area contributed by atoms with Gasteiger partial charge in [0.15, 0.2) is 5.82 Å². The predicted octanol–water partition coefficient (Wildman–Crippen LogP) is 2.41. The minimum Gasteiger partial charge on any atom is -0.355 e. The van der Waals surface area contributed by atoms with Gasteiger partial charge in [0.25, 0.3) is 0 Å². The summed E-state index contributed by atoms with van der Waals surface area (Å²) in [5.74, 6) is 2.58. The Morgan fingerprint density at radius 2 is 2.00 bits per heavy atom. The number of rotatable bonds is 2. The molecular weight excluding hydrogens is 236 g/mol. The lowest BCUT2D eigenvalue weighted by Crippen LogP contribution is -2.40. The number of piperidine rings is 1. The molecule has 3 N–H and O–H groups in total. The van der Waals surface area contributed by atoms with Gasteiger partial charge in [0.05, 0.1) is 0 Å². The monoisotopic (exact) mass is 262 g/mol. The first kappa shape index (κ1) is 13.0. The van der Waals surface area contributed by atoms with Gasteiger partial charge in [-0.05, 0) is 38.0 Å². The summed E-state index contributed by atoms with van der Waals surface area (Å²) in [5.41, 5.74) is 8.89. The summed E-state index contributed by atoms with van der Waals surface area (Å²) >= 11 is 0. The lowest BCUT2D eigenvalue weighted by atomic mass is 9.80. The number of aromatic amines is 1. The van der Waals surface area contributed by atoms with E-state index in [-0.39, 0.29) is 0 Å². The number of H-pyrrole nitrogens is 1. The molecule has 106 valence electrons. The van der Waals surface area contributed by atoms with Gasteiger partial charge in [0.1, 0.15) is 0 Å². The lowest BCUT2D eigenvalue weighted by molar-refractivity contribution is 0.424. The molecule has 0 bridgehead atoms. The van der Waals surface area contributed by atoms with E-state index in [1.165, 1.54) is 36.3 Å². The predicted molar refractivity (Wildman–Crippen MR) is 78.5 cm³/mol. The van der Waals surface area contributed by atoms with E-state index in [0.717, 1.165) is 25.9 Å². The van der Waals surface area contributed by atoms with Crippen molar-refractivity contribution in [3.63, 3.8) is 0 Å². The maximum Gasteiger partial charge on any atom is 0.153 e. The van der Waals surface area contributed by atoms with Crippen molar-refractivity contribution in [2.75, 3.05) is 18.0 Å². The number of nitrogens with one attached hydrogen (secondary N) is 1. The van der Waals surface area contributed by atoms with E-state index in [1.807, 2.05) is 0 Å². The Morgan fingerprint density at radius 3 is 2.68 bits per heavy atom. The fourth-order valence-corrected chi connectivity index (χ4v) is 3.60. The summed E-state index contributed by atoms with van der Waals surface area (Å²) in [6.45, 7) is 6.76. The molecule has 1 aliphatic carbocycles. The van der Waals surface area contributed by atoms with E-state index >= 15 is 0 Å². The zero-order valence-electron chi connectivity index (χ0n) is 12.2. The van der Waals surface area contributed by atoms with Crippen LogP contribution in [0.15, 0.2) is 0 Å². The second kappa shape index (κ2) is 5.16. The van der Waals surface area contributed by atoms with Gasteiger partial charge in [-0.15, -0.1) is 0 Å². The average molecular weight is 262 g/mol. The van der Waals surface area contributed by atoms with Crippen molar-refractivity contribution >= 4 is 5.82 Å². The Morgan fingerprint density at radius 1 is 1.26 bits per heavy atom. The summed E-state index contributed by atoms with van der Waals surface area (Å²) in [6, 6.07) is 0.384. The lowest BCUT2D eigenvalue weighted by Gasteiger charge is -2.32. The van der Waals surface area contributed by atoms with Crippen molar-refractivity contribution in [3.8, 4) is 0 Å². The van der Waals surface area contributed by atoms with Crippen LogP contribution in [0.3, 0.4) is 0 Å². The van der Waals surface area contributed by atoms with E-state index in [0.29, 0.717) is 17.9 Å². The summed E-state index contributed by atoms with van der Waals surface area (Å²) in [6.07, 6.45) is 5.98. The Balaban J connectivity index is 1.84. The normalized spacial score (nSPS) is 24.8. The zero-order chi connectivity index (χ0) is 13.4. The highest BCUT2D eigenvalue weighted by molar-refractivity contribution is 5.51. The fraction of sp³-hybridized carbons (Fsp3) is 0.800. The SMILES string of the molecule is CC(C)C1CCCc2c(N3CCC(N)CC3)n[nH]c21. The molecule has 3 rings (SSSR count). The van der Waals surface area contributed by atoms with E-state index in [1.54, 1.807) is 0 Å². The van der Waals surface area contributed by atoms with Crippen LogP contribution in [0, 0.1) is 5.92 Å². The average Bonchev–Trinajstić information content (AvgIpc) is 2.83. The number of hydrogen-bond donors (Lipinski definition) is 2. The summed E-state index contributed by atoms with van der Waals surface area (Å²) in [5, 5.41) is 7.98. The van der Waals surface area contributed by atoms with E-state index in [9.17, 15) is 0 Å². The van der Waals surface area contributed by atoms with Crippen LogP contribution < -0.4 is 10.6 Å². The fourth-order valence-electron chi connectivity index (χ4n) is 3.60. The van der Waals surface area contributed by atoms with Crippen LogP contribution in [0.2, 0.25) is 0 Å². The quantitative estimate of drug-likeness (QED) is 0.860. The third kappa shape index (κ3) is 2.38. The first-order chi connectivity index (χ1) is 9.16. The Kier molecular flexibility index (Phi) is 3.52. The molecule has 4 heteroatoms. The van der Waals surface area contributed by atoms with Crippen LogP contribution in [-0.4, -0.2) is 29.3 Å². The number of fused-ring (bicyclic) bond motifs is 1. The molecule has 0 saturated carbocycles. The Labute approximate surface area is 115 Å². The van der Waals surface area contributed by atoms with Gasteiger partial charge in [-0.25, -0.2) is 0 Å². The van der Waals surface area contributed by atoms with Crippen LogP contribution in [0.25, 0.3) is 0 Å². The Bertz CT molecular complexity index is 429. The molecule has 0 spiro atoms. The first-order valence-electron chi connectivity index (χ1n) is 7.74. The van der Waals surface area contributed by atoms with Crippen LogP contribution >= 0.6 is 0 Å². The molecule has 4 nitrogen and oxygen atoms in total. The van der Waals surface area contributed by atoms with E-state index in [2.05, 4.69) is 28.9 Å². The zero-order valence-corrected chi connectivity index (χ0v) is 12.2. The molecule has 1 aliphatic heterocycles. The molecule has 2 heterocycles. The molecular formula is C15H26N4. The molecule has 1 aromatic rings. The van der Waals surface area contributed by atoms with Crippen molar-refractivity contribution in [2.24, 2.45) is 11.7 Å². The van der Waals surface area contributed by atoms with Crippen LogP contribution in [0.5, 0.6) is 0 Å². The molecule has 19 heavy (non-hydrogen) atoms. The molecule has 1 saturated heterocycles. The second-order valence-corrected chi connectivity index (χ2v) is 6.51. The molecule has 2 aliphatic rings. The third-order valence-corrected chi connectivity index (χ3v) is 4.83. The number of nitrogens with two attached hydrogens (primary N) is 1. The molecule has 1 aromatic heterocycles. The molecule has 1 unspecified atom stereocenters. The highest BCUT2D eigenvalue weighted by Crippen LogP contribution is 2.39. The molecule has 0 amide bonds. The smallest absolute Gasteiger partial charge is 0.153 e. The van der Waals surface area contributed by atoms with Gasteiger partial charge in [0.2, 0.25) is 0 Å². The maximum atomic E-state index is 6.00. The molecule has 0 aromatic carbocycles. The number of hydrogen-bond acceptors (Lipinski definition) is 3. The largest absolute Gasteiger partial charge is 0.355 e. The molecule has 1 fully saturated rings. The van der Waals surface area contributed by atoms with Crippen molar-refractivity contribution in [2.45, 2.75) is 57.9 Å². The highest BCUT2D eigenvalue weighted by Gasteiger charge is 2.30. The van der Waals surface area contributed by atoms with Crippen LogP contribution in [0.4, 0.5) is 5.82 Å². The highest BCUT2D eigenvalue weighted by atomic mass is 15.3. The van der Waals surface area contributed by atoms with Gasteiger partial charge in [-0.1, -0.05) is 13.8 Å². The third-order valence-electron chi connectivity index (χ3n) is 4.83. The minimum atomic E-state index is 0.384. The van der Waals surface area contributed by atoms with Crippen molar-refractivity contribution in [1.82, 2.24) is 10.2 Å². The van der Waals surface area contributed by atoms with Crippen LogP contribution in [0.1, 0.15) is 56.7 Å². The van der Waals surface area contributed by atoms with Crippen molar-refractivity contribution in [1.29, 1.82) is 0 Å². The summed E-state index contributed by atoms with van der Waals surface area (Å²) < 4.78 is 0. The maximum absolute atomic E-state index is 6.00. The summed E-state index contributed by atoms with van der Waals surface area (Å²) in [4.78, 5) is 2.43. The number of anilines is 1. The van der Waals surface area contributed by atoms with Crippen molar-refractivity contribution < 1.29 is 0 Å². The standard InChI is InChI=1S/C15H26N4/c1-10(2)12-4-3-5-13-14(12)17-18-15(13)19-8-6-11(16)7-9-19/h10-12H,3-9,16H2,1-2H3,(H,17,18). The summed E-state index contributed by atoms with van der Waals surface area (Å²) in [7, 11) is 0. The van der Waals surface area contributed by atoms with Crippen molar-refractivity contribution in [3.05, 3.63) is 11.3 Å². The first-order valence-corrected chi connectivity index (χ1v) is 7.74. The van der Waals surface area contributed by atoms with E-state index in [4.69, 9.17) is 5.73 Å². The Hall–Kier alpha value is -1.03. The molecule has 0 radical (unpaired) electrons. The van der Waals surface area contributed by atoms with Gasteiger partial charge in [-0.2, -0.15) is 5.10 Å². The van der Waals surface area contributed by atoms with Gasteiger partial charge >= 0.3 is 0 Å². The number of aromatic nitrogens is 2. The topological polar surface area (TPSA) is 57.9 Å². The van der Waals surface area contributed by atoms with E-state index < -0.39 is 0 Å². The number of nitrogens with zero attached hydrogens (tertiary/aromatic N) is 2. The second-order valence-electron chi connectivity index (χ2n) is 6.51. The molecule has 1 atom stereocenters. The van der Waals surface area contributed by atoms with Gasteiger partial charge < -0.3 is 10.6 Å². The van der Waals surface area contributed by atoms with Crippen LogP contribution in [-0.2, 0) is 6.42 Å². The van der Waals surface area contributed by atoms with Gasteiger partial charge in [-0.3, -0.25) is 5.10 Å². The minimum absolute atomic E-state index is 0.384. The van der Waals surface area contributed by atoms with Gasteiger partial charge in [0, 0.05) is 36.3 Å².